The van der Waals surface area contributed by atoms with Gasteiger partial charge in [-0.15, -0.1) is 16.4 Å². The molecule has 3 heterocycles. The van der Waals surface area contributed by atoms with Crippen molar-refractivity contribution in [3.8, 4) is 11.5 Å². The summed E-state index contributed by atoms with van der Waals surface area (Å²) in [6.07, 6.45) is 1.07. The zero-order valence-corrected chi connectivity index (χ0v) is 16.9. The normalized spacial score (nSPS) is 16.9. The average Bonchev–Trinajstić information content (AvgIpc) is 3.30. The predicted octanol–water partition coefficient (Wildman–Crippen LogP) is 4.43. The Kier molecular flexibility index (Phi) is 5.29. The number of nitrogens with zero attached hydrogens (tertiary/aromatic N) is 3. The Labute approximate surface area is 166 Å². The number of rotatable bonds is 6. The van der Waals surface area contributed by atoms with Crippen LogP contribution in [-0.4, -0.2) is 28.3 Å². The molecule has 4 rings (SSSR count). The van der Waals surface area contributed by atoms with Gasteiger partial charge in [-0.3, -0.25) is 4.90 Å². The highest BCUT2D eigenvalue weighted by Crippen LogP contribution is 2.33. The van der Waals surface area contributed by atoms with E-state index in [2.05, 4.69) is 28.4 Å². The van der Waals surface area contributed by atoms with Crippen LogP contribution in [0.15, 0.2) is 40.1 Å². The van der Waals surface area contributed by atoms with Crippen molar-refractivity contribution in [2.75, 3.05) is 13.7 Å². The highest BCUT2D eigenvalue weighted by atomic mass is 32.1. The smallest absolute Gasteiger partial charge is 0.288 e. The van der Waals surface area contributed by atoms with Crippen molar-refractivity contribution in [1.29, 1.82) is 0 Å². The maximum absolute atomic E-state index is 5.72. The molecule has 8 heteroatoms. The first-order valence-electron chi connectivity index (χ1n) is 8.78. The van der Waals surface area contributed by atoms with Gasteiger partial charge in [0.2, 0.25) is 0 Å². The molecule has 0 spiro atoms. The van der Waals surface area contributed by atoms with E-state index in [0.717, 1.165) is 24.5 Å². The number of hydrogen-bond acceptors (Lipinski definition) is 7. The maximum atomic E-state index is 5.72. The van der Waals surface area contributed by atoms with Gasteiger partial charge in [0.05, 0.1) is 13.8 Å². The summed E-state index contributed by atoms with van der Waals surface area (Å²) in [6, 6.07) is 9.95. The number of fused-ring (bicyclic) bond motifs is 1. The topological polar surface area (TPSA) is 52.7 Å². The van der Waals surface area contributed by atoms with Gasteiger partial charge >= 0.3 is 0 Å². The molecule has 0 N–H and O–H groups in total. The van der Waals surface area contributed by atoms with Crippen LogP contribution in [0.1, 0.15) is 29.3 Å². The molecule has 27 heavy (non-hydrogen) atoms. The summed E-state index contributed by atoms with van der Waals surface area (Å²) in [4.78, 5) is 4.21. The number of aromatic nitrogens is 2. The summed E-state index contributed by atoms with van der Waals surface area (Å²) >= 11 is 7.18. The number of thiophene rings is 1. The van der Waals surface area contributed by atoms with Crippen molar-refractivity contribution >= 4 is 23.6 Å². The molecule has 0 amide bonds. The van der Waals surface area contributed by atoms with Gasteiger partial charge in [0.25, 0.3) is 10.7 Å². The van der Waals surface area contributed by atoms with Crippen LogP contribution in [-0.2, 0) is 19.7 Å². The molecule has 1 aromatic carbocycles. The maximum Gasteiger partial charge on any atom is 0.288 e. The van der Waals surface area contributed by atoms with Gasteiger partial charge in [0, 0.05) is 17.5 Å². The molecule has 3 aromatic rings. The molecular formula is C19H21N3O3S2. The SMILES string of the molecule is COc1ccc(OCc2nn(CN3CCc4sccc4[C@@H]3C)c(=S)o2)cc1. The largest absolute Gasteiger partial charge is 0.497 e. The molecule has 0 aliphatic carbocycles. The molecular weight excluding hydrogens is 382 g/mol. The van der Waals surface area contributed by atoms with Crippen LogP contribution in [0.4, 0.5) is 0 Å². The van der Waals surface area contributed by atoms with Gasteiger partial charge in [0.1, 0.15) is 11.5 Å². The molecule has 1 atom stereocenters. The Bertz CT molecular complexity index is 961. The first-order chi connectivity index (χ1) is 13.1. The van der Waals surface area contributed by atoms with Crippen molar-refractivity contribution in [1.82, 2.24) is 14.7 Å². The van der Waals surface area contributed by atoms with Crippen molar-refractivity contribution < 1.29 is 13.9 Å². The van der Waals surface area contributed by atoms with E-state index in [4.69, 9.17) is 26.1 Å². The minimum atomic E-state index is 0.229. The lowest BCUT2D eigenvalue weighted by Gasteiger charge is -2.32. The third kappa shape index (κ3) is 3.92. The second-order valence-corrected chi connectivity index (χ2v) is 7.75. The molecule has 0 fully saturated rings. The third-order valence-corrected chi connectivity index (χ3v) is 6.08. The van der Waals surface area contributed by atoms with E-state index in [9.17, 15) is 0 Å². The second-order valence-electron chi connectivity index (χ2n) is 6.40. The number of methoxy groups -OCH3 is 1. The van der Waals surface area contributed by atoms with Crippen LogP contribution >= 0.6 is 23.6 Å². The van der Waals surface area contributed by atoms with Crippen molar-refractivity contribution in [3.63, 3.8) is 0 Å². The summed E-state index contributed by atoms with van der Waals surface area (Å²) in [5.41, 5.74) is 1.41. The van der Waals surface area contributed by atoms with Crippen molar-refractivity contribution in [3.05, 3.63) is 56.9 Å². The summed E-state index contributed by atoms with van der Waals surface area (Å²) in [5.74, 6) is 1.98. The summed E-state index contributed by atoms with van der Waals surface area (Å²) < 4.78 is 18.2. The van der Waals surface area contributed by atoms with Gasteiger partial charge < -0.3 is 13.9 Å². The zero-order chi connectivity index (χ0) is 18.8. The van der Waals surface area contributed by atoms with Crippen LogP contribution in [0.2, 0.25) is 0 Å². The Hall–Kier alpha value is -2.16. The van der Waals surface area contributed by atoms with Gasteiger partial charge in [-0.1, -0.05) is 0 Å². The quantitative estimate of drug-likeness (QED) is 0.568. The van der Waals surface area contributed by atoms with E-state index >= 15 is 0 Å². The summed E-state index contributed by atoms with van der Waals surface area (Å²) in [6.45, 7) is 4.05. The molecule has 0 saturated heterocycles. The van der Waals surface area contributed by atoms with Gasteiger partial charge in [-0.25, -0.2) is 4.68 Å². The summed E-state index contributed by atoms with van der Waals surface area (Å²) in [5, 5.41) is 6.66. The van der Waals surface area contributed by atoms with Gasteiger partial charge in [-0.2, -0.15) is 0 Å². The molecule has 1 aliphatic heterocycles. The fraction of sp³-hybridized carbons (Fsp3) is 0.368. The molecule has 142 valence electrons. The lowest BCUT2D eigenvalue weighted by atomic mass is 10.0. The lowest BCUT2D eigenvalue weighted by molar-refractivity contribution is 0.142. The van der Waals surface area contributed by atoms with Crippen LogP contribution in [0.25, 0.3) is 0 Å². The molecule has 2 aromatic heterocycles. The Morgan fingerprint density at radius 2 is 2.04 bits per heavy atom. The van der Waals surface area contributed by atoms with Crippen LogP contribution in [0.3, 0.4) is 0 Å². The third-order valence-electron chi connectivity index (χ3n) is 4.79. The standard InChI is InChI=1S/C19H21N3O3S2/c1-13-16-8-10-27-17(16)7-9-21(13)12-22-19(26)25-18(20-22)11-24-15-5-3-14(23-2)4-6-15/h3-6,8,10,13H,7,9,11-12H2,1-2H3/t13-/m0/s1. The average molecular weight is 404 g/mol. The van der Waals surface area contributed by atoms with E-state index in [1.807, 2.05) is 35.6 Å². The Balaban J connectivity index is 1.40. The lowest BCUT2D eigenvalue weighted by Crippen LogP contribution is -2.35. The highest BCUT2D eigenvalue weighted by molar-refractivity contribution is 7.71. The van der Waals surface area contributed by atoms with Crippen LogP contribution in [0, 0.1) is 4.84 Å². The number of benzene rings is 1. The van der Waals surface area contributed by atoms with Crippen molar-refractivity contribution in [2.24, 2.45) is 0 Å². The van der Waals surface area contributed by atoms with Crippen molar-refractivity contribution in [2.45, 2.75) is 32.7 Å². The monoisotopic (exact) mass is 403 g/mol. The van der Waals surface area contributed by atoms with E-state index in [0.29, 0.717) is 23.4 Å². The van der Waals surface area contributed by atoms with Crippen LogP contribution < -0.4 is 9.47 Å². The molecule has 0 bridgehead atoms. The number of hydrogen-bond donors (Lipinski definition) is 0. The molecule has 0 saturated carbocycles. The predicted molar refractivity (Wildman–Crippen MR) is 106 cm³/mol. The molecule has 0 radical (unpaired) electrons. The van der Waals surface area contributed by atoms with Crippen LogP contribution in [0.5, 0.6) is 11.5 Å². The first-order valence-corrected chi connectivity index (χ1v) is 10.1. The second kappa shape index (κ2) is 7.84. The minimum Gasteiger partial charge on any atom is -0.497 e. The zero-order valence-electron chi connectivity index (χ0n) is 15.3. The highest BCUT2D eigenvalue weighted by Gasteiger charge is 2.25. The van der Waals surface area contributed by atoms with E-state index in [1.54, 1.807) is 11.8 Å². The Morgan fingerprint density at radius 3 is 2.81 bits per heavy atom. The number of ether oxygens (including phenoxy) is 2. The fourth-order valence-electron chi connectivity index (χ4n) is 3.24. The molecule has 6 nitrogen and oxygen atoms in total. The first kappa shape index (κ1) is 18.2. The van der Waals surface area contributed by atoms with E-state index < -0.39 is 0 Å². The molecule has 0 unspecified atom stereocenters. The minimum absolute atomic E-state index is 0.229. The van der Waals surface area contributed by atoms with E-state index in [1.165, 1.54) is 10.4 Å². The fourth-order valence-corrected chi connectivity index (χ4v) is 4.40. The van der Waals surface area contributed by atoms with Gasteiger partial charge in [0.15, 0.2) is 6.61 Å². The van der Waals surface area contributed by atoms with E-state index in [-0.39, 0.29) is 6.61 Å². The molecule has 1 aliphatic rings. The summed E-state index contributed by atoms with van der Waals surface area (Å²) in [7, 11) is 1.63. The van der Waals surface area contributed by atoms with Gasteiger partial charge in [-0.05, 0) is 66.8 Å². The Morgan fingerprint density at radius 1 is 1.26 bits per heavy atom.